The molecule has 1 aliphatic rings. The van der Waals surface area contributed by atoms with Crippen LogP contribution in [0.1, 0.15) is 45.5 Å². The van der Waals surface area contributed by atoms with E-state index in [1.807, 2.05) is 0 Å². The van der Waals surface area contributed by atoms with E-state index in [0.717, 1.165) is 0 Å². The molecule has 0 amide bonds. The predicted molar refractivity (Wildman–Crippen MR) is 82.9 cm³/mol. The molecule has 94 valence electrons. The van der Waals surface area contributed by atoms with E-state index >= 15 is 0 Å². The molecule has 0 N–H and O–H groups in total. The van der Waals surface area contributed by atoms with Gasteiger partial charge < -0.3 is 0 Å². The van der Waals surface area contributed by atoms with Crippen LogP contribution >= 0.6 is 27.3 Å². The Balaban J connectivity index is 1.95. The molecule has 1 unspecified atom stereocenters. The number of fused-ring (bicyclic) bond motifs is 1. The van der Waals surface area contributed by atoms with Crippen molar-refractivity contribution in [2.75, 3.05) is 0 Å². The standard InChI is InChI=1S/C16H17BrS/c1-11-9-18-10-15(11)16(17)14-7-6-12-4-2-3-5-13(12)8-14/h6-10,16H,2-5H2,1H3. The summed E-state index contributed by atoms with van der Waals surface area (Å²) in [5, 5.41) is 4.48. The Labute approximate surface area is 121 Å². The topological polar surface area (TPSA) is 0 Å². The zero-order valence-corrected chi connectivity index (χ0v) is 13.0. The lowest BCUT2D eigenvalue weighted by Crippen LogP contribution is -2.04. The Morgan fingerprint density at radius 2 is 1.89 bits per heavy atom. The molecule has 2 aromatic rings. The van der Waals surface area contributed by atoms with Gasteiger partial charge >= 0.3 is 0 Å². The molecule has 2 heteroatoms. The van der Waals surface area contributed by atoms with Crippen LogP contribution in [0.2, 0.25) is 0 Å². The van der Waals surface area contributed by atoms with E-state index in [1.54, 1.807) is 22.5 Å². The summed E-state index contributed by atoms with van der Waals surface area (Å²) in [6.07, 6.45) is 5.22. The molecule has 1 aromatic carbocycles. The van der Waals surface area contributed by atoms with E-state index in [-0.39, 0.29) is 0 Å². The minimum atomic E-state index is 0.343. The van der Waals surface area contributed by atoms with Crippen LogP contribution in [-0.4, -0.2) is 0 Å². The summed E-state index contributed by atoms with van der Waals surface area (Å²) in [5.74, 6) is 0. The third-order valence-corrected chi connectivity index (χ3v) is 5.73. The molecule has 3 rings (SSSR count). The third kappa shape index (κ3) is 2.28. The molecule has 0 saturated carbocycles. The van der Waals surface area contributed by atoms with Gasteiger partial charge in [-0.05, 0) is 71.2 Å². The summed E-state index contributed by atoms with van der Waals surface area (Å²) in [7, 11) is 0. The molecule has 1 aliphatic carbocycles. The second kappa shape index (κ2) is 5.18. The number of thiophene rings is 1. The quantitative estimate of drug-likeness (QED) is 0.648. The largest absolute Gasteiger partial charge is 0.152 e. The summed E-state index contributed by atoms with van der Waals surface area (Å²) in [6.45, 7) is 2.19. The van der Waals surface area contributed by atoms with E-state index in [9.17, 15) is 0 Å². The molecular weight excluding hydrogens is 304 g/mol. The molecule has 0 spiro atoms. The first-order chi connectivity index (χ1) is 8.75. The number of hydrogen-bond acceptors (Lipinski definition) is 1. The molecule has 0 fully saturated rings. The van der Waals surface area contributed by atoms with Gasteiger partial charge in [0.2, 0.25) is 0 Å². The minimum Gasteiger partial charge on any atom is -0.152 e. The normalized spacial score (nSPS) is 16.3. The van der Waals surface area contributed by atoms with Gasteiger partial charge in [0.1, 0.15) is 0 Å². The molecule has 1 atom stereocenters. The summed E-state index contributed by atoms with van der Waals surface area (Å²) in [5.41, 5.74) is 7.33. The van der Waals surface area contributed by atoms with Crippen molar-refractivity contribution in [3.05, 3.63) is 56.8 Å². The van der Waals surface area contributed by atoms with Gasteiger partial charge in [0.05, 0.1) is 4.83 Å². The SMILES string of the molecule is Cc1cscc1C(Br)c1ccc2c(c1)CCCC2. The van der Waals surface area contributed by atoms with Crippen LogP contribution in [0.4, 0.5) is 0 Å². The second-order valence-corrected chi connectivity index (χ2v) is 6.77. The first-order valence-electron chi connectivity index (χ1n) is 6.54. The zero-order chi connectivity index (χ0) is 12.5. The molecular formula is C16H17BrS. The fourth-order valence-corrected chi connectivity index (χ4v) is 4.55. The Morgan fingerprint density at radius 3 is 2.61 bits per heavy atom. The predicted octanol–water partition coefficient (Wildman–Crippen LogP) is 5.42. The number of aryl methyl sites for hydroxylation is 3. The maximum Gasteiger partial charge on any atom is 0.0655 e. The number of rotatable bonds is 2. The monoisotopic (exact) mass is 320 g/mol. The molecule has 1 heterocycles. The van der Waals surface area contributed by atoms with Crippen molar-refractivity contribution in [2.45, 2.75) is 37.4 Å². The van der Waals surface area contributed by atoms with Gasteiger partial charge in [0.25, 0.3) is 0 Å². The van der Waals surface area contributed by atoms with Crippen LogP contribution in [-0.2, 0) is 12.8 Å². The van der Waals surface area contributed by atoms with Crippen LogP contribution in [0.15, 0.2) is 29.0 Å². The van der Waals surface area contributed by atoms with Gasteiger partial charge in [-0.1, -0.05) is 34.1 Å². The maximum absolute atomic E-state index is 3.86. The molecule has 1 aromatic heterocycles. The lowest BCUT2D eigenvalue weighted by molar-refractivity contribution is 0.684. The van der Waals surface area contributed by atoms with Crippen molar-refractivity contribution in [1.82, 2.24) is 0 Å². The summed E-state index contributed by atoms with van der Waals surface area (Å²) in [4.78, 5) is 0.343. The Kier molecular flexibility index (Phi) is 3.58. The number of alkyl halides is 1. The van der Waals surface area contributed by atoms with Crippen LogP contribution in [0.5, 0.6) is 0 Å². The fourth-order valence-electron chi connectivity index (χ4n) is 2.72. The smallest absolute Gasteiger partial charge is 0.0655 e. The number of benzene rings is 1. The average molecular weight is 321 g/mol. The minimum absolute atomic E-state index is 0.343. The summed E-state index contributed by atoms with van der Waals surface area (Å²) in [6, 6.07) is 7.03. The third-order valence-electron chi connectivity index (χ3n) is 3.83. The van der Waals surface area contributed by atoms with Crippen molar-refractivity contribution in [3.63, 3.8) is 0 Å². The molecule has 0 nitrogen and oxygen atoms in total. The first-order valence-corrected chi connectivity index (χ1v) is 8.40. The van der Waals surface area contributed by atoms with Gasteiger partial charge in [0, 0.05) is 0 Å². The maximum atomic E-state index is 3.86. The molecule has 0 saturated heterocycles. The van der Waals surface area contributed by atoms with E-state index in [2.05, 4.69) is 51.8 Å². The highest BCUT2D eigenvalue weighted by Gasteiger charge is 2.16. The van der Waals surface area contributed by atoms with E-state index in [0.29, 0.717) is 4.83 Å². The number of hydrogen-bond donors (Lipinski definition) is 0. The van der Waals surface area contributed by atoms with E-state index in [4.69, 9.17) is 0 Å². The van der Waals surface area contributed by atoms with Crippen molar-refractivity contribution in [2.24, 2.45) is 0 Å². The van der Waals surface area contributed by atoms with Crippen LogP contribution in [0.3, 0.4) is 0 Å². The van der Waals surface area contributed by atoms with E-state index < -0.39 is 0 Å². The molecule has 0 bridgehead atoms. The zero-order valence-electron chi connectivity index (χ0n) is 10.6. The first kappa shape index (κ1) is 12.4. The molecule has 0 radical (unpaired) electrons. The lowest BCUT2D eigenvalue weighted by Gasteiger charge is -2.18. The lowest BCUT2D eigenvalue weighted by atomic mass is 9.89. The van der Waals surface area contributed by atoms with Gasteiger partial charge in [-0.15, -0.1) is 0 Å². The van der Waals surface area contributed by atoms with Crippen molar-refractivity contribution in [3.8, 4) is 0 Å². The summed E-state index contributed by atoms with van der Waals surface area (Å²) >= 11 is 5.65. The highest BCUT2D eigenvalue weighted by atomic mass is 79.9. The van der Waals surface area contributed by atoms with Gasteiger partial charge in [-0.25, -0.2) is 0 Å². The van der Waals surface area contributed by atoms with Gasteiger partial charge in [0.15, 0.2) is 0 Å². The second-order valence-electron chi connectivity index (χ2n) is 5.11. The highest BCUT2D eigenvalue weighted by Crippen LogP contribution is 2.36. The van der Waals surface area contributed by atoms with Crippen LogP contribution in [0.25, 0.3) is 0 Å². The van der Waals surface area contributed by atoms with Crippen LogP contribution < -0.4 is 0 Å². The Morgan fingerprint density at radius 1 is 1.11 bits per heavy atom. The van der Waals surface area contributed by atoms with Crippen molar-refractivity contribution >= 4 is 27.3 Å². The average Bonchev–Trinajstić information content (AvgIpc) is 2.83. The highest BCUT2D eigenvalue weighted by molar-refractivity contribution is 9.09. The van der Waals surface area contributed by atoms with Crippen LogP contribution in [0, 0.1) is 6.92 Å². The summed E-state index contributed by atoms with van der Waals surface area (Å²) < 4.78 is 0. The Bertz CT molecular complexity index is 556. The Hall–Kier alpha value is -0.600. The van der Waals surface area contributed by atoms with E-state index in [1.165, 1.54) is 42.4 Å². The number of halogens is 1. The van der Waals surface area contributed by atoms with Crippen molar-refractivity contribution < 1.29 is 0 Å². The van der Waals surface area contributed by atoms with Gasteiger partial charge in [-0.3, -0.25) is 0 Å². The van der Waals surface area contributed by atoms with Gasteiger partial charge in [-0.2, -0.15) is 11.3 Å². The fraction of sp³-hybridized carbons (Fsp3) is 0.375. The molecule has 18 heavy (non-hydrogen) atoms. The van der Waals surface area contributed by atoms with Crippen molar-refractivity contribution in [1.29, 1.82) is 0 Å². The molecule has 0 aliphatic heterocycles.